The minimum Gasteiger partial charge on any atom is -0.494 e. The molecular weight excluding hydrogens is 398 g/mol. The van der Waals surface area contributed by atoms with Gasteiger partial charge in [-0.1, -0.05) is 18.2 Å². The second kappa shape index (κ2) is 8.28. The maximum Gasteiger partial charge on any atom is 0.295 e. The molecule has 156 valence electrons. The van der Waals surface area contributed by atoms with E-state index in [2.05, 4.69) is 9.97 Å². The number of Topliss-reactive ketones (excluding diaryl/α,β-unsaturated/α-hetero) is 1. The number of benzene rings is 1. The fraction of sp³-hybridized carbons (Fsp3) is 0.227. The number of amides is 2. The summed E-state index contributed by atoms with van der Waals surface area (Å²) in [5.41, 5.74) is 1.16. The third-order valence-corrected chi connectivity index (χ3v) is 5.31. The highest BCUT2D eigenvalue weighted by Crippen LogP contribution is 2.30. The molecular formula is C22H19N5O4. The zero-order valence-electron chi connectivity index (χ0n) is 16.8. The monoisotopic (exact) mass is 417 g/mol. The lowest BCUT2D eigenvalue weighted by Crippen LogP contribution is -2.52. The normalized spacial score (nSPS) is 13.7. The summed E-state index contributed by atoms with van der Waals surface area (Å²) in [4.78, 5) is 48.4. The summed E-state index contributed by atoms with van der Waals surface area (Å²) in [5.74, 6) is -1.17. The van der Waals surface area contributed by atoms with Gasteiger partial charge in [0.05, 0.1) is 29.8 Å². The largest absolute Gasteiger partial charge is 0.494 e. The minimum atomic E-state index is -0.706. The first kappa shape index (κ1) is 20.1. The summed E-state index contributed by atoms with van der Waals surface area (Å²) >= 11 is 0. The number of aromatic amines is 1. The van der Waals surface area contributed by atoms with E-state index < -0.39 is 11.7 Å². The van der Waals surface area contributed by atoms with Crippen LogP contribution in [0.15, 0.2) is 42.7 Å². The van der Waals surface area contributed by atoms with Gasteiger partial charge in [-0.05, 0) is 12.1 Å². The highest BCUT2D eigenvalue weighted by atomic mass is 16.5. The van der Waals surface area contributed by atoms with Gasteiger partial charge in [0.1, 0.15) is 11.8 Å². The Balaban J connectivity index is 1.51. The molecule has 4 rings (SSSR count). The lowest BCUT2D eigenvalue weighted by Gasteiger charge is -2.34. The molecule has 0 aliphatic carbocycles. The van der Waals surface area contributed by atoms with Crippen LogP contribution in [0, 0.1) is 11.3 Å². The van der Waals surface area contributed by atoms with Crippen LogP contribution in [0.2, 0.25) is 0 Å². The molecule has 0 bridgehead atoms. The van der Waals surface area contributed by atoms with Gasteiger partial charge in [0.2, 0.25) is 0 Å². The van der Waals surface area contributed by atoms with Crippen molar-refractivity contribution in [2.24, 2.45) is 0 Å². The molecule has 0 radical (unpaired) electrons. The number of pyridine rings is 1. The Bertz CT molecular complexity index is 1200. The number of aromatic nitrogens is 2. The third-order valence-electron chi connectivity index (χ3n) is 5.31. The van der Waals surface area contributed by atoms with Crippen molar-refractivity contribution in [3.8, 4) is 11.8 Å². The van der Waals surface area contributed by atoms with Gasteiger partial charge in [-0.3, -0.25) is 14.4 Å². The zero-order valence-corrected chi connectivity index (χ0v) is 16.8. The van der Waals surface area contributed by atoms with E-state index in [1.807, 2.05) is 12.1 Å². The first-order valence-corrected chi connectivity index (χ1v) is 9.67. The van der Waals surface area contributed by atoms with Crippen LogP contribution in [0.25, 0.3) is 10.9 Å². The van der Waals surface area contributed by atoms with E-state index >= 15 is 0 Å². The molecule has 9 nitrogen and oxygen atoms in total. The first-order chi connectivity index (χ1) is 15.0. The fourth-order valence-corrected chi connectivity index (χ4v) is 3.67. The Morgan fingerprint density at radius 1 is 1.10 bits per heavy atom. The number of carbonyl (C=O) groups is 3. The first-order valence-electron chi connectivity index (χ1n) is 9.67. The maximum absolute atomic E-state index is 13.0. The van der Waals surface area contributed by atoms with Crippen LogP contribution in [0.5, 0.6) is 5.75 Å². The number of ketones is 1. The fourth-order valence-electron chi connectivity index (χ4n) is 3.67. The van der Waals surface area contributed by atoms with Crippen molar-refractivity contribution in [1.82, 2.24) is 19.8 Å². The summed E-state index contributed by atoms with van der Waals surface area (Å²) in [6.45, 7) is 1.19. The lowest BCUT2D eigenvalue weighted by atomic mass is 10.1. The molecule has 0 unspecified atom stereocenters. The molecule has 1 N–H and O–H groups in total. The molecule has 3 aromatic rings. The van der Waals surface area contributed by atoms with E-state index in [0.29, 0.717) is 35.3 Å². The summed E-state index contributed by atoms with van der Waals surface area (Å²) in [6.07, 6.45) is 2.75. The van der Waals surface area contributed by atoms with Crippen molar-refractivity contribution in [3.63, 3.8) is 0 Å². The zero-order chi connectivity index (χ0) is 22.0. The average Bonchev–Trinajstić information content (AvgIpc) is 3.28. The van der Waals surface area contributed by atoms with Crippen LogP contribution in [-0.4, -0.2) is 70.7 Å². The summed E-state index contributed by atoms with van der Waals surface area (Å²) < 4.78 is 5.27. The van der Waals surface area contributed by atoms with Crippen molar-refractivity contribution >= 4 is 28.5 Å². The van der Waals surface area contributed by atoms with Crippen LogP contribution in [0.3, 0.4) is 0 Å². The van der Waals surface area contributed by atoms with Gasteiger partial charge >= 0.3 is 0 Å². The number of carbonyl (C=O) groups excluding carboxylic acids is 3. The molecule has 1 aromatic carbocycles. The van der Waals surface area contributed by atoms with E-state index in [9.17, 15) is 19.6 Å². The predicted molar refractivity (Wildman–Crippen MR) is 111 cm³/mol. The topological polar surface area (TPSA) is 119 Å². The Kier molecular flexibility index (Phi) is 5.37. The molecule has 0 spiro atoms. The number of nitrogens with zero attached hydrogens (tertiary/aromatic N) is 4. The van der Waals surface area contributed by atoms with Gasteiger partial charge in [0.25, 0.3) is 17.6 Å². The molecule has 2 amide bonds. The Hall–Kier alpha value is -4.19. The van der Waals surface area contributed by atoms with Gasteiger partial charge in [0.15, 0.2) is 5.69 Å². The van der Waals surface area contributed by atoms with Crippen LogP contribution >= 0.6 is 0 Å². The number of nitriles is 1. The highest BCUT2D eigenvalue weighted by molar-refractivity contribution is 6.45. The molecule has 1 aliphatic heterocycles. The highest BCUT2D eigenvalue weighted by Gasteiger charge is 2.31. The van der Waals surface area contributed by atoms with Crippen molar-refractivity contribution in [1.29, 1.82) is 5.26 Å². The van der Waals surface area contributed by atoms with Gasteiger partial charge in [0, 0.05) is 37.9 Å². The van der Waals surface area contributed by atoms with Crippen LogP contribution in [0.4, 0.5) is 0 Å². The van der Waals surface area contributed by atoms with Crippen molar-refractivity contribution < 1.29 is 19.1 Å². The molecule has 0 atom stereocenters. The standard InChI is InChI=1S/C22H19N5O4/c1-31-17-13-24-16(11-23)19-18(17)15(12-25-19)20(28)22(30)27-9-7-26(8-10-27)21(29)14-5-3-2-4-6-14/h2-6,12-13,25H,7-10H2,1H3. The smallest absolute Gasteiger partial charge is 0.295 e. The Labute approximate surface area is 177 Å². The van der Waals surface area contributed by atoms with Gasteiger partial charge in [-0.2, -0.15) is 5.26 Å². The third kappa shape index (κ3) is 3.59. The van der Waals surface area contributed by atoms with E-state index in [-0.39, 0.29) is 30.3 Å². The number of H-pyrrole nitrogens is 1. The van der Waals surface area contributed by atoms with Crippen LogP contribution in [-0.2, 0) is 4.79 Å². The number of rotatable bonds is 4. The Morgan fingerprint density at radius 2 is 1.77 bits per heavy atom. The van der Waals surface area contributed by atoms with Crippen LogP contribution < -0.4 is 4.74 Å². The van der Waals surface area contributed by atoms with E-state index in [4.69, 9.17) is 4.74 Å². The van der Waals surface area contributed by atoms with E-state index in [1.165, 1.54) is 24.4 Å². The number of methoxy groups -OCH3 is 1. The molecule has 1 fully saturated rings. The number of nitrogens with one attached hydrogen (secondary N) is 1. The number of fused-ring (bicyclic) bond motifs is 1. The molecule has 2 aromatic heterocycles. The van der Waals surface area contributed by atoms with E-state index in [1.54, 1.807) is 29.2 Å². The van der Waals surface area contributed by atoms with Gasteiger partial charge < -0.3 is 19.5 Å². The number of hydrogen-bond donors (Lipinski definition) is 1. The maximum atomic E-state index is 13.0. The average molecular weight is 417 g/mol. The second-order valence-electron chi connectivity index (χ2n) is 7.02. The van der Waals surface area contributed by atoms with Gasteiger partial charge in [-0.25, -0.2) is 4.98 Å². The Morgan fingerprint density at radius 3 is 2.42 bits per heavy atom. The lowest BCUT2D eigenvalue weighted by molar-refractivity contribution is -0.127. The quantitative estimate of drug-likeness (QED) is 0.509. The molecule has 1 saturated heterocycles. The number of hydrogen-bond acceptors (Lipinski definition) is 6. The molecule has 3 heterocycles. The second-order valence-corrected chi connectivity index (χ2v) is 7.02. The van der Waals surface area contributed by atoms with Gasteiger partial charge in [-0.15, -0.1) is 0 Å². The number of piperazine rings is 1. The van der Waals surface area contributed by atoms with Crippen LogP contribution in [0.1, 0.15) is 26.4 Å². The molecule has 0 saturated carbocycles. The van der Waals surface area contributed by atoms with Crippen molar-refractivity contribution in [2.75, 3.05) is 33.3 Å². The summed E-state index contributed by atoms with van der Waals surface area (Å²) in [5, 5.41) is 9.60. The summed E-state index contributed by atoms with van der Waals surface area (Å²) in [7, 11) is 1.43. The van der Waals surface area contributed by atoms with Crippen molar-refractivity contribution in [3.05, 3.63) is 59.5 Å². The summed E-state index contributed by atoms with van der Waals surface area (Å²) in [6, 6.07) is 10.9. The number of ether oxygens (including phenoxy) is 1. The van der Waals surface area contributed by atoms with Crippen molar-refractivity contribution in [2.45, 2.75) is 0 Å². The van der Waals surface area contributed by atoms with E-state index in [0.717, 1.165) is 0 Å². The minimum absolute atomic E-state index is 0.100. The predicted octanol–water partition coefficient (Wildman–Crippen LogP) is 1.61. The molecule has 9 heteroatoms. The SMILES string of the molecule is COc1cnc(C#N)c2[nH]cc(C(=O)C(=O)N3CCN(C(=O)c4ccccc4)CC3)c12. The molecule has 1 aliphatic rings. The molecule has 31 heavy (non-hydrogen) atoms.